The van der Waals surface area contributed by atoms with E-state index in [4.69, 9.17) is 5.73 Å². The molecule has 2 rings (SSSR count). The molecule has 2 N–H and O–H groups in total. The Kier molecular flexibility index (Phi) is 3.49. The summed E-state index contributed by atoms with van der Waals surface area (Å²) in [6, 6.07) is 8.56. The zero-order valence-corrected chi connectivity index (χ0v) is 10.9. The molecule has 0 radical (unpaired) electrons. The van der Waals surface area contributed by atoms with Crippen LogP contribution < -0.4 is 5.73 Å². The Morgan fingerprint density at radius 1 is 1.50 bits per heavy atom. The summed E-state index contributed by atoms with van der Waals surface area (Å²) in [4.78, 5) is 6.52. The smallest absolute Gasteiger partial charge is 0.191 e. The van der Waals surface area contributed by atoms with Crippen LogP contribution in [0, 0.1) is 0 Å². The minimum Gasteiger partial charge on any atom is -0.370 e. The van der Waals surface area contributed by atoms with E-state index >= 15 is 0 Å². The van der Waals surface area contributed by atoms with Gasteiger partial charge in [-0.1, -0.05) is 41.1 Å². The molecule has 4 heteroatoms. The molecule has 1 heterocycles. The van der Waals surface area contributed by atoms with E-state index in [2.05, 4.69) is 50.9 Å². The number of benzene rings is 1. The van der Waals surface area contributed by atoms with Gasteiger partial charge in [0.05, 0.1) is 12.6 Å². The van der Waals surface area contributed by atoms with Crippen molar-refractivity contribution in [2.24, 2.45) is 10.7 Å². The van der Waals surface area contributed by atoms with E-state index in [1.54, 1.807) is 0 Å². The van der Waals surface area contributed by atoms with E-state index in [1.807, 2.05) is 6.07 Å². The fraction of sp³-hybridized carbons (Fsp3) is 0.417. The highest BCUT2D eigenvalue weighted by atomic mass is 79.9. The van der Waals surface area contributed by atoms with E-state index in [1.165, 1.54) is 5.56 Å². The Bertz CT molecular complexity index is 403. The minimum absolute atomic E-state index is 0.288. The number of rotatable bonds is 3. The van der Waals surface area contributed by atoms with Crippen LogP contribution in [-0.4, -0.2) is 23.9 Å². The third-order valence-electron chi connectivity index (χ3n) is 2.83. The summed E-state index contributed by atoms with van der Waals surface area (Å²) in [5, 5.41) is 0. The van der Waals surface area contributed by atoms with Gasteiger partial charge in [0.1, 0.15) is 0 Å². The van der Waals surface area contributed by atoms with E-state index in [9.17, 15) is 0 Å². The van der Waals surface area contributed by atoms with Crippen LogP contribution in [0.1, 0.15) is 24.9 Å². The van der Waals surface area contributed by atoms with Crippen molar-refractivity contribution in [1.82, 2.24) is 4.90 Å². The fourth-order valence-corrected chi connectivity index (χ4v) is 2.60. The zero-order chi connectivity index (χ0) is 11.5. The number of hydrogen-bond donors (Lipinski definition) is 1. The van der Waals surface area contributed by atoms with Gasteiger partial charge < -0.3 is 10.6 Å². The van der Waals surface area contributed by atoms with Crippen molar-refractivity contribution in [3.63, 3.8) is 0 Å². The maximum Gasteiger partial charge on any atom is 0.191 e. The van der Waals surface area contributed by atoms with Gasteiger partial charge in [-0.25, -0.2) is 0 Å². The standard InChI is InChI=1S/C12H16BrN3/c1-2-7-16-11(8-15-12(16)14)9-5-3-4-6-10(9)13/h3-6,11H,2,7-8H2,1H3,(H2,14,15). The molecule has 1 aromatic rings. The van der Waals surface area contributed by atoms with E-state index in [0.717, 1.165) is 24.0 Å². The zero-order valence-electron chi connectivity index (χ0n) is 9.36. The maximum atomic E-state index is 5.90. The van der Waals surface area contributed by atoms with Gasteiger partial charge >= 0.3 is 0 Å². The first-order chi connectivity index (χ1) is 7.74. The van der Waals surface area contributed by atoms with Crippen molar-refractivity contribution in [1.29, 1.82) is 0 Å². The molecule has 0 saturated carbocycles. The number of guanidine groups is 1. The molecule has 0 saturated heterocycles. The van der Waals surface area contributed by atoms with E-state index < -0.39 is 0 Å². The Balaban J connectivity index is 2.25. The number of nitrogens with zero attached hydrogens (tertiary/aromatic N) is 2. The molecule has 86 valence electrons. The highest BCUT2D eigenvalue weighted by molar-refractivity contribution is 9.10. The van der Waals surface area contributed by atoms with Crippen molar-refractivity contribution in [2.75, 3.05) is 13.1 Å². The monoisotopic (exact) mass is 281 g/mol. The molecular weight excluding hydrogens is 266 g/mol. The topological polar surface area (TPSA) is 41.6 Å². The lowest BCUT2D eigenvalue weighted by Crippen LogP contribution is -2.36. The van der Waals surface area contributed by atoms with Gasteiger partial charge in [-0.05, 0) is 18.1 Å². The molecule has 0 aliphatic carbocycles. The minimum atomic E-state index is 0.288. The van der Waals surface area contributed by atoms with Gasteiger partial charge in [0.2, 0.25) is 0 Å². The lowest BCUT2D eigenvalue weighted by atomic mass is 10.1. The molecule has 0 bridgehead atoms. The first-order valence-electron chi connectivity index (χ1n) is 5.55. The second kappa shape index (κ2) is 4.87. The molecule has 1 unspecified atom stereocenters. The summed E-state index contributed by atoms with van der Waals surface area (Å²) in [6.45, 7) is 3.87. The Morgan fingerprint density at radius 2 is 2.25 bits per heavy atom. The lowest BCUT2D eigenvalue weighted by molar-refractivity contribution is 0.346. The molecule has 0 fully saturated rings. The quantitative estimate of drug-likeness (QED) is 0.925. The summed E-state index contributed by atoms with van der Waals surface area (Å²) >= 11 is 3.59. The Labute approximate surface area is 104 Å². The Morgan fingerprint density at radius 3 is 2.94 bits per heavy atom. The van der Waals surface area contributed by atoms with Crippen molar-refractivity contribution in [2.45, 2.75) is 19.4 Å². The molecule has 0 aromatic heterocycles. The third-order valence-corrected chi connectivity index (χ3v) is 3.55. The van der Waals surface area contributed by atoms with Crippen LogP contribution in [0.4, 0.5) is 0 Å². The molecule has 0 spiro atoms. The number of aliphatic imine (C=N–C) groups is 1. The summed E-state index contributed by atoms with van der Waals surface area (Å²) in [7, 11) is 0. The van der Waals surface area contributed by atoms with E-state index in [-0.39, 0.29) is 6.04 Å². The van der Waals surface area contributed by atoms with Gasteiger partial charge in [-0.2, -0.15) is 0 Å². The van der Waals surface area contributed by atoms with Gasteiger partial charge in [0, 0.05) is 11.0 Å². The van der Waals surface area contributed by atoms with Crippen LogP contribution in [0.2, 0.25) is 0 Å². The first kappa shape index (κ1) is 11.5. The predicted octanol–water partition coefficient (Wildman–Crippen LogP) is 2.53. The van der Waals surface area contributed by atoms with Crippen molar-refractivity contribution < 1.29 is 0 Å². The van der Waals surface area contributed by atoms with Crippen LogP contribution in [0.5, 0.6) is 0 Å². The highest BCUT2D eigenvalue weighted by Crippen LogP contribution is 2.30. The van der Waals surface area contributed by atoms with Crippen molar-refractivity contribution >= 4 is 21.9 Å². The predicted molar refractivity (Wildman–Crippen MR) is 70.4 cm³/mol. The number of nitrogens with two attached hydrogens (primary N) is 1. The van der Waals surface area contributed by atoms with Crippen LogP contribution in [-0.2, 0) is 0 Å². The molecule has 1 atom stereocenters. The largest absolute Gasteiger partial charge is 0.370 e. The normalized spacial score (nSPS) is 20.0. The van der Waals surface area contributed by atoms with Gasteiger partial charge in [0.25, 0.3) is 0 Å². The fourth-order valence-electron chi connectivity index (χ4n) is 2.05. The molecular formula is C12H16BrN3. The van der Waals surface area contributed by atoms with Crippen molar-refractivity contribution in [3.05, 3.63) is 34.3 Å². The number of halogens is 1. The average Bonchev–Trinajstić information content (AvgIpc) is 2.62. The molecule has 1 aliphatic heterocycles. The molecule has 0 amide bonds. The van der Waals surface area contributed by atoms with Gasteiger partial charge in [-0.3, -0.25) is 4.99 Å². The highest BCUT2D eigenvalue weighted by Gasteiger charge is 2.27. The van der Waals surface area contributed by atoms with E-state index in [0.29, 0.717) is 5.96 Å². The summed E-state index contributed by atoms with van der Waals surface area (Å²) in [5.74, 6) is 0.669. The molecule has 1 aromatic carbocycles. The maximum absolute atomic E-state index is 5.90. The molecule has 3 nitrogen and oxygen atoms in total. The van der Waals surface area contributed by atoms with Gasteiger partial charge in [0.15, 0.2) is 5.96 Å². The lowest BCUT2D eigenvalue weighted by Gasteiger charge is -2.26. The average molecular weight is 282 g/mol. The molecule has 16 heavy (non-hydrogen) atoms. The van der Waals surface area contributed by atoms with Crippen LogP contribution in [0.3, 0.4) is 0 Å². The summed E-state index contributed by atoms with van der Waals surface area (Å²) < 4.78 is 1.13. The third kappa shape index (κ3) is 2.07. The summed E-state index contributed by atoms with van der Waals surface area (Å²) in [5.41, 5.74) is 7.17. The number of hydrogen-bond acceptors (Lipinski definition) is 3. The van der Waals surface area contributed by atoms with Gasteiger partial charge in [-0.15, -0.1) is 0 Å². The Hall–Kier alpha value is -1.03. The second-order valence-corrected chi connectivity index (χ2v) is 4.78. The molecule has 1 aliphatic rings. The summed E-state index contributed by atoms with van der Waals surface area (Å²) in [6.07, 6.45) is 1.08. The van der Waals surface area contributed by atoms with Crippen LogP contribution >= 0.6 is 15.9 Å². The van der Waals surface area contributed by atoms with Crippen LogP contribution in [0.25, 0.3) is 0 Å². The van der Waals surface area contributed by atoms with Crippen molar-refractivity contribution in [3.8, 4) is 0 Å². The van der Waals surface area contributed by atoms with Crippen LogP contribution in [0.15, 0.2) is 33.7 Å². The SMILES string of the molecule is CCCN1C(N)=NCC1c1ccccc1Br. The first-order valence-corrected chi connectivity index (χ1v) is 6.34. The second-order valence-electron chi connectivity index (χ2n) is 3.93.